The summed E-state index contributed by atoms with van der Waals surface area (Å²) in [5.41, 5.74) is 0. The van der Waals surface area contributed by atoms with Crippen LogP contribution in [0.15, 0.2) is 27.6 Å². The summed E-state index contributed by atoms with van der Waals surface area (Å²) in [5, 5.41) is 0. The Morgan fingerprint density at radius 2 is 1.95 bits per heavy atom. The smallest absolute Gasteiger partial charge is 0.241 e. The zero-order valence-electron chi connectivity index (χ0n) is 12.1. The largest absolute Gasteiger partial charge is 0.301 e. The minimum absolute atomic E-state index is 0.0676. The van der Waals surface area contributed by atoms with Crippen molar-refractivity contribution in [2.45, 2.75) is 43.7 Å². The predicted molar refractivity (Wildman–Crippen MR) is 84.2 cm³/mol. The SMILES string of the molecule is CC(C)N1CCC(NS(=O)(=O)c2ccc(F)cc2Br)CC1. The zero-order chi connectivity index (χ0) is 15.6. The molecule has 21 heavy (non-hydrogen) atoms. The highest BCUT2D eigenvalue weighted by Gasteiger charge is 2.26. The van der Waals surface area contributed by atoms with E-state index in [4.69, 9.17) is 0 Å². The Balaban J connectivity index is 2.05. The molecule has 1 saturated heterocycles. The van der Waals surface area contributed by atoms with Gasteiger partial charge in [0.05, 0.1) is 4.90 Å². The standard InChI is InChI=1S/C14H20BrFN2O2S/c1-10(2)18-7-5-12(6-8-18)17-21(19,20)14-4-3-11(16)9-13(14)15/h3-4,9-10,12,17H,5-8H2,1-2H3. The number of sulfonamides is 1. The first-order chi connectivity index (χ1) is 9.79. The van der Waals surface area contributed by atoms with Crippen molar-refractivity contribution in [2.75, 3.05) is 13.1 Å². The number of halogens is 2. The second-order valence-electron chi connectivity index (χ2n) is 5.60. The third-order valence-corrected chi connectivity index (χ3v) is 6.26. The molecule has 1 fully saturated rings. The van der Waals surface area contributed by atoms with Crippen molar-refractivity contribution in [1.29, 1.82) is 0 Å². The molecule has 4 nitrogen and oxygen atoms in total. The van der Waals surface area contributed by atoms with E-state index >= 15 is 0 Å². The zero-order valence-corrected chi connectivity index (χ0v) is 14.5. The van der Waals surface area contributed by atoms with Crippen LogP contribution >= 0.6 is 15.9 Å². The fraction of sp³-hybridized carbons (Fsp3) is 0.571. The quantitative estimate of drug-likeness (QED) is 0.875. The average Bonchev–Trinajstić information content (AvgIpc) is 2.38. The Bertz CT molecular complexity index is 599. The van der Waals surface area contributed by atoms with Crippen LogP contribution in [0.5, 0.6) is 0 Å². The number of nitrogens with zero attached hydrogens (tertiary/aromatic N) is 1. The van der Waals surface area contributed by atoms with Gasteiger partial charge in [0.1, 0.15) is 5.82 Å². The van der Waals surface area contributed by atoms with Crippen LogP contribution in [0.4, 0.5) is 4.39 Å². The molecule has 0 radical (unpaired) electrons. The highest BCUT2D eigenvalue weighted by Crippen LogP contribution is 2.24. The van der Waals surface area contributed by atoms with Gasteiger partial charge in [-0.2, -0.15) is 0 Å². The van der Waals surface area contributed by atoms with E-state index in [-0.39, 0.29) is 15.4 Å². The summed E-state index contributed by atoms with van der Waals surface area (Å²) in [6.07, 6.45) is 1.58. The van der Waals surface area contributed by atoms with Gasteiger partial charge < -0.3 is 4.90 Å². The summed E-state index contributed by atoms with van der Waals surface area (Å²) >= 11 is 3.11. The Morgan fingerprint density at radius 1 is 1.33 bits per heavy atom. The van der Waals surface area contributed by atoms with E-state index in [2.05, 4.69) is 39.4 Å². The topological polar surface area (TPSA) is 49.4 Å². The van der Waals surface area contributed by atoms with Crippen LogP contribution in [0.25, 0.3) is 0 Å². The third kappa shape index (κ3) is 4.25. The molecule has 1 N–H and O–H groups in total. The molecule has 1 aromatic rings. The first-order valence-corrected chi connectivity index (χ1v) is 9.28. The highest BCUT2D eigenvalue weighted by atomic mass is 79.9. The van der Waals surface area contributed by atoms with Crippen molar-refractivity contribution in [1.82, 2.24) is 9.62 Å². The van der Waals surface area contributed by atoms with Crippen LogP contribution in [0.1, 0.15) is 26.7 Å². The molecule has 1 aliphatic heterocycles. The lowest BCUT2D eigenvalue weighted by Gasteiger charge is -2.34. The van der Waals surface area contributed by atoms with Gasteiger partial charge >= 0.3 is 0 Å². The average molecular weight is 379 g/mol. The summed E-state index contributed by atoms with van der Waals surface area (Å²) in [5.74, 6) is -0.467. The molecule has 0 aromatic heterocycles. The van der Waals surface area contributed by atoms with Crippen molar-refractivity contribution in [3.05, 3.63) is 28.5 Å². The summed E-state index contributed by atoms with van der Waals surface area (Å²) in [4.78, 5) is 2.41. The normalized spacial score (nSPS) is 18.3. The molecular weight excluding hydrogens is 359 g/mol. The van der Waals surface area contributed by atoms with Crippen LogP contribution in [0.3, 0.4) is 0 Å². The molecule has 0 saturated carbocycles. The first-order valence-electron chi connectivity index (χ1n) is 7.01. The minimum Gasteiger partial charge on any atom is -0.301 e. The van der Waals surface area contributed by atoms with Gasteiger partial charge in [-0.1, -0.05) is 0 Å². The van der Waals surface area contributed by atoms with Crippen LogP contribution in [0.2, 0.25) is 0 Å². The molecule has 0 unspecified atom stereocenters. The van der Waals surface area contributed by atoms with E-state index in [0.29, 0.717) is 6.04 Å². The molecule has 118 valence electrons. The number of rotatable bonds is 4. The lowest BCUT2D eigenvalue weighted by molar-refractivity contribution is 0.168. The second-order valence-corrected chi connectivity index (χ2v) is 8.14. The summed E-state index contributed by atoms with van der Waals surface area (Å²) in [6.45, 7) is 6.05. The van der Waals surface area contributed by atoms with Crippen LogP contribution in [-0.4, -0.2) is 38.5 Å². The van der Waals surface area contributed by atoms with Gasteiger partial charge in [-0.25, -0.2) is 17.5 Å². The van der Waals surface area contributed by atoms with Gasteiger partial charge in [0.2, 0.25) is 10.0 Å². The lowest BCUT2D eigenvalue weighted by atomic mass is 10.1. The van der Waals surface area contributed by atoms with Crippen molar-refractivity contribution >= 4 is 26.0 Å². The predicted octanol–water partition coefficient (Wildman–Crippen LogP) is 2.74. The molecule has 7 heteroatoms. The van der Waals surface area contributed by atoms with E-state index in [1.165, 1.54) is 6.07 Å². The Kier molecular flexibility index (Phi) is 5.40. The van der Waals surface area contributed by atoms with Crippen molar-refractivity contribution in [3.63, 3.8) is 0 Å². The highest BCUT2D eigenvalue weighted by molar-refractivity contribution is 9.10. The number of nitrogens with one attached hydrogen (secondary N) is 1. The first kappa shape index (κ1) is 16.9. The van der Waals surface area contributed by atoms with Gasteiger partial charge in [-0.3, -0.25) is 0 Å². The molecule has 0 spiro atoms. The van der Waals surface area contributed by atoms with Crippen molar-refractivity contribution < 1.29 is 12.8 Å². The third-order valence-electron chi connectivity index (χ3n) is 3.77. The number of hydrogen-bond donors (Lipinski definition) is 1. The molecule has 0 aliphatic carbocycles. The van der Waals surface area contributed by atoms with Gasteiger partial charge in [-0.05, 0) is 73.9 Å². The maximum Gasteiger partial charge on any atom is 0.241 e. The van der Waals surface area contributed by atoms with E-state index in [9.17, 15) is 12.8 Å². The Morgan fingerprint density at radius 3 is 2.48 bits per heavy atom. The minimum atomic E-state index is -3.63. The Labute approximate surface area is 133 Å². The van der Waals surface area contributed by atoms with E-state index in [1.807, 2.05) is 0 Å². The molecule has 0 amide bonds. The molecule has 1 aromatic carbocycles. The maximum atomic E-state index is 13.1. The summed E-state index contributed by atoms with van der Waals surface area (Å²) in [6, 6.07) is 4.01. The summed E-state index contributed by atoms with van der Waals surface area (Å²) in [7, 11) is -3.63. The number of hydrogen-bond acceptors (Lipinski definition) is 3. The fourth-order valence-corrected chi connectivity index (χ4v) is 4.86. The van der Waals surface area contributed by atoms with Crippen LogP contribution in [0, 0.1) is 5.82 Å². The molecule has 1 aliphatic rings. The lowest BCUT2D eigenvalue weighted by Crippen LogP contribution is -2.46. The van der Waals surface area contributed by atoms with Gasteiger partial charge in [0.15, 0.2) is 0 Å². The van der Waals surface area contributed by atoms with Gasteiger partial charge in [0, 0.05) is 16.6 Å². The van der Waals surface area contributed by atoms with Crippen molar-refractivity contribution in [2.24, 2.45) is 0 Å². The van der Waals surface area contributed by atoms with Crippen LogP contribution < -0.4 is 4.72 Å². The van der Waals surface area contributed by atoms with E-state index in [0.717, 1.165) is 38.1 Å². The maximum absolute atomic E-state index is 13.1. The monoisotopic (exact) mass is 378 g/mol. The number of benzene rings is 1. The second kappa shape index (κ2) is 6.73. The van der Waals surface area contributed by atoms with E-state index < -0.39 is 15.8 Å². The summed E-state index contributed by atoms with van der Waals surface area (Å²) < 4.78 is 40.8. The molecule has 1 heterocycles. The van der Waals surface area contributed by atoms with Gasteiger partial charge in [0.25, 0.3) is 0 Å². The molecular formula is C14H20BrFN2O2S. The van der Waals surface area contributed by atoms with Gasteiger partial charge in [-0.15, -0.1) is 0 Å². The number of piperidine rings is 1. The van der Waals surface area contributed by atoms with Crippen molar-refractivity contribution in [3.8, 4) is 0 Å². The molecule has 0 bridgehead atoms. The molecule has 0 atom stereocenters. The number of likely N-dealkylation sites (tertiary alicyclic amines) is 1. The fourth-order valence-electron chi connectivity index (χ4n) is 2.51. The van der Waals surface area contributed by atoms with Crippen LogP contribution in [-0.2, 0) is 10.0 Å². The molecule has 2 rings (SSSR count). The van der Waals surface area contributed by atoms with E-state index in [1.54, 1.807) is 0 Å². The Hall–Kier alpha value is -0.500.